The van der Waals surface area contributed by atoms with Crippen LogP contribution in [0.25, 0.3) is 0 Å². The molecule has 4 nitrogen and oxygen atoms in total. The van der Waals surface area contributed by atoms with Crippen LogP contribution in [0, 0.1) is 17.2 Å². The molecule has 11 heavy (non-hydrogen) atoms. The van der Waals surface area contributed by atoms with Crippen molar-refractivity contribution in [3.05, 3.63) is 0 Å². The SMILES string of the molecule is CCOCC(C#N)C(=O)OC. The lowest BCUT2D eigenvalue weighted by molar-refractivity contribution is -0.145. The minimum absolute atomic E-state index is 0.111. The predicted octanol–water partition coefficient (Wildman–Crippen LogP) is 0.336. The Morgan fingerprint density at radius 2 is 2.36 bits per heavy atom. The molecule has 0 heterocycles. The minimum Gasteiger partial charge on any atom is -0.468 e. The highest BCUT2D eigenvalue weighted by Gasteiger charge is 2.17. The Labute approximate surface area is 65.7 Å². The van der Waals surface area contributed by atoms with E-state index in [1.165, 1.54) is 7.11 Å². The van der Waals surface area contributed by atoms with Crippen molar-refractivity contribution in [3.8, 4) is 6.07 Å². The molecule has 0 rings (SSSR count). The second-order valence-corrected chi connectivity index (χ2v) is 1.86. The van der Waals surface area contributed by atoms with Gasteiger partial charge in [0.1, 0.15) is 0 Å². The Morgan fingerprint density at radius 3 is 2.73 bits per heavy atom. The highest BCUT2D eigenvalue weighted by molar-refractivity contribution is 5.75. The monoisotopic (exact) mass is 157 g/mol. The van der Waals surface area contributed by atoms with E-state index in [0.29, 0.717) is 6.61 Å². The number of ether oxygens (including phenoxy) is 2. The van der Waals surface area contributed by atoms with Crippen LogP contribution in [-0.4, -0.2) is 26.3 Å². The maximum absolute atomic E-state index is 10.7. The summed E-state index contributed by atoms with van der Waals surface area (Å²) >= 11 is 0. The highest BCUT2D eigenvalue weighted by atomic mass is 16.5. The van der Waals surface area contributed by atoms with Gasteiger partial charge in [-0.15, -0.1) is 0 Å². The van der Waals surface area contributed by atoms with Gasteiger partial charge in [0.25, 0.3) is 0 Å². The molecule has 0 spiro atoms. The van der Waals surface area contributed by atoms with Crippen molar-refractivity contribution in [1.29, 1.82) is 5.26 Å². The molecule has 0 fully saturated rings. The second kappa shape index (κ2) is 5.69. The zero-order valence-corrected chi connectivity index (χ0v) is 6.66. The normalized spacial score (nSPS) is 11.7. The van der Waals surface area contributed by atoms with Gasteiger partial charge in [-0.3, -0.25) is 4.79 Å². The highest BCUT2D eigenvalue weighted by Crippen LogP contribution is 1.97. The molecule has 0 aliphatic carbocycles. The third kappa shape index (κ3) is 3.58. The van der Waals surface area contributed by atoms with E-state index in [1.807, 2.05) is 0 Å². The predicted molar refractivity (Wildman–Crippen MR) is 37.6 cm³/mol. The topological polar surface area (TPSA) is 59.3 Å². The molecule has 0 radical (unpaired) electrons. The molecule has 0 amide bonds. The van der Waals surface area contributed by atoms with Crippen molar-refractivity contribution in [2.24, 2.45) is 5.92 Å². The average Bonchev–Trinajstić information content (AvgIpc) is 2.05. The summed E-state index contributed by atoms with van der Waals surface area (Å²) in [6, 6.07) is 1.79. The van der Waals surface area contributed by atoms with E-state index in [1.54, 1.807) is 13.0 Å². The number of nitriles is 1. The summed E-state index contributed by atoms with van der Waals surface area (Å²) in [5, 5.41) is 8.42. The standard InChI is InChI=1S/C7H11NO3/c1-3-11-5-6(4-8)7(9)10-2/h6H,3,5H2,1-2H3. The quantitative estimate of drug-likeness (QED) is 0.552. The van der Waals surface area contributed by atoms with Crippen LogP contribution in [0.1, 0.15) is 6.92 Å². The molecule has 0 saturated carbocycles. The van der Waals surface area contributed by atoms with Gasteiger partial charge in [0, 0.05) is 6.61 Å². The first-order valence-electron chi connectivity index (χ1n) is 3.31. The lowest BCUT2D eigenvalue weighted by Gasteiger charge is -2.05. The molecule has 0 N–H and O–H groups in total. The van der Waals surface area contributed by atoms with Crippen molar-refractivity contribution in [3.63, 3.8) is 0 Å². The van der Waals surface area contributed by atoms with E-state index >= 15 is 0 Å². The van der Waals surface area contributed by atoms with Crippen LogP contribution in [0.3, 0.4) is 0 Å². The van der Waals surface area contributed by atoms with Crippen molar-refractivity contribution < 1.29 is 14.3 Å². The van der Waals surface area contributed by atoms with Gasteiger partial charge < -0.3 is 9.47 Å². The van der Waals surface area contributed by atoms with Gasteiger partial charge >= 0.3 is 5.97 Å². The molecule has 4 heteroatoms. The number of rotatable bonds is 4. The van der Waals surface area contributed by atoms with Crippen LogP contribution < -0.4 is 0 Å². The molecule has 0 aromatic rings. The van der Waals surface area contributed by atoms with Gasteiger partial charge in [0.2, 0.25) is 0 Å². The van der Waals surface area contributed by atoms with E-state index < -0.39 is 11.9 Å². The number of hydrogen-bond donors (Lipinski definition) is 0. The van der Waals surface area contributed by atoms with Gasteiger partial charge in [-0.25, -0.2) is 0 Å². The lowest BCUT2D eigenvalue weighted by Crippen LogP contribution is -2.19. The molecule has 1 unspecified atom stereocenters. The van der Waals surface area contributed by atoms with Gasteiger partial charge in [0.15, 0.2) is 5.92 Å². The number of esters is 1. The fourth-order valence-electron chi connectivity index (χ4n) is 0.536. The van der Waals surface area contributed by atoms with Crippen molar-refractivity contribution in [2.45, 2.75) is 6.92 Å². The van der Waals surface area contributed by atoms with Crippen LogP contribution in [0.15, 0.2) is 0 Å². The summed E-state index contributed by atoms with van der Waals surface area (Å²) in [4.78, 5) is 10.7. The van der Waals surface area contributed by atoms with Crippen molar-refractivity contribution in [1.82, 2.24) is 0 Å². The Bertz CT molecular complexity index is 162. The molecule has 1 atom stereocenters. The average molecular weight is 157 g/mol. The molecule has 0 saturated heterocycles. The minimum atomic E-state index is -0.792. The summed E-state index contributed by atoms with van der Waals surface area (Å²) < 4.78 is 9.25. The molecule has 0 bridgehead atoms. The fourth-order valence-corrected chi connectivity index (χ4v) is 0.536. The summed E-state index contributed by atoms with van der Waals surface area (Å²) in [5.41, 5.74) is 0. The number of hydrogen-bond acceptors (Lipinski definition) is 4. The van der Waals surface area contributed by atoms with E-state index in [0.717, 1.165) is 0 Å². The second-order valence-electron chi connectivity index (χ2n) is 1.86. The summed E-state index contributed by atoms with van der Waals surface area (Å²) in [7, 11) is 1.25. The van der Waals surface area contributed by atoms with Gasteiger partial charge in [-0.1, -0.05) is 0 Å². The lowest BCUT2D eigenvalue weighted by atomic mass is 10.2. The Morgan fingerprint density at radius 1 is 1.73 bits per heavy atom. The smallest absolute Gasteiger partial charge is 0.325 e. The summed E-state index contributed by atoms with van der Waals surface area (Å²) in [6.45, 7) is 2.40. The third-order valence-corrected chi connectivity index (χ3v) is 1.13. The first kappa shape index (κ1) is 9.92. The van der Waals surface area contributed by atoms with E-state index in [4.69, 9.17) is 10.00 Å². The first-order valence-corrected chi connectivity index (χ1v) is 3.31. The number of nitrogens with zero attached hydrogens (tertiary/aromatic N) is 1. The molecule has 0 aliphatic heterocycles. The maximum Gasteiger partial charge on any atom is 0.325 e. The summed E-state index contributed by atoms with van der Waals surface area (Å²) in [5.74, 6) is -1.33. The van der Waals surface area contributed by atoms with Crippen LogP contribution in [0.5, 0.6) is 0 Å². The molecule has 0 aromatic carbocycles. The molecule has 62 valence electrons. The van der Waals surface area contributed by atoms with E-state index in [2.05, 4.69) is 4.74 Å². The van der Waals surface area contributed by atoms with Gasteiger partial charge in [-0.2, -0.15) is 5.26 Å². The molecular weight excluding hydrogens is 146 g/mol. The van der Waals surface area contributed by atoms with Crippen molar-refractivity contribution in [2.75, 3.05) is 20.3 Å². The van der Waals surface area contributed by atoms with Gasteiger partial charge in [0.05, 0.1) is 19.8 Å². The molecule has 0 aromatic heterocycles. The van der Waals surface area contributed by atoms with Crippen LogP contribution in [0.2, 0.25) is 0 Å². The Hall–Kier alpha value is -1.08. The van der Waals surface area contributed by atoms with E-state index in [-0.39, 0.29) is 6.61 Å². The first-order chi connectivity index (χ1) is 5.26. The number of carbonyl (C=O) groups is 1. The van der Waals surface area contributed by atoms with Crippen LogP contribution in [0.4, 0.5) is 0 Å². The largest absolute Gasteiger partial charge is 0.468 e. The van der Waals surface area contributed by atoms with Crippen molar-refractivity contribution >= 4 is 5.97 Å². The van der Waals surface area contributed by atoms with Crippen LogP contribution >= 0.6 is 0 Å². The third-order valence-electron chi connectivity index (χ3n) is 1.13. The summed E-state index contributed by atoms with van der Waals surface area (Å²) in [6.07, 6.45) is 0. The maximum atomic E-state index is 10.7. The Kier molecular flexibility index (Phi) is 5.13. The number of carbonyl (C=O) groups excluding carboxylic acids is 1. The zero-order valence-electron chi connectivity index (χ0n) is 6.66. The molecular formula is C7H11NO3. The Balaban J connectivity index is 3.78. The van der Waals surface area contributed by atoms with E-state index in [9.17, 15) is 4.79 Å². The zero-order chi connectivity index (χ0) is 8.69. The van der Waals surface area contributed by atoms with Crippen LogP contribution in [-0.2, 0) is 14.3 Å². The number of methoxy groups -OCH3 is 1. The fraction of sp³-hybridized carbons (Fsp3) is 0.714. The van der Waals surface area contributed by atoms with Gasteiger partial charge in [-0.05, 0) is 6.92 Å². The molecule has 0 aliphatic rings.